The Labute approximate surface area is 184 Å². The van der Waals surface area contributed by atoms with E-state index in [9.17, 15) is 23.2 Å². The molecule has 3 heterocycles. The summed E-state index contributed by atoms with van der Waals surface area (Å²) in [6.07, 6.45) is 5.44. The maximum atomic E-state index is 13.8. The lowest BCUT2D eigenvalue weighted by Gasteiger charge is -2.31. The lowest BCUT2D eigenvalue weighted by atomic mass is 9.82. The van der Waals surface area contributed by atoms with Crippen LogP contribution in [0.1, 0.15) is 62.4 Å². The molecule has 7 nitrogen and oxygen atoms in total. The van der Waals surface area contributed by atoms with Crippen LogP contribution in [0.4, 0.5) is 8.78 Å². The van der Waals surface area contributed by atoms with Crippen LogP contribution < -0.4 is 0 Å². The Morgan fingerprint density at radius 1 is 1.25 bits per heavy atom. The van der Waals surface area contributed by atoms with Crippen molar-refractivity contribution in [2.45, 2.75) is 76.4 Å². The van der Waals surface area contributed by atoms with Gasteiger partial charge >= 0.3 is 0 Å². The highest BCUT2D eigenvalue weighted by Gasteiger charge is 2.56. The molecule has 3 aliphatic rings. The fourth-order valence-electron chi connectivity index (χ4n) is 5.58. The number of rotatable bonds is 6. The van der Waals surface area contributed by atoms with Crippen molar-refractivity contribution in [3.05, 3.63) is 24.2 Å². The summed E-state index contributed by atoms with van der Waals surface area (Å²) < 4.78 is 29.0. The summed E-state index contributed by atoms with van der Waals surface area (Å²) in [6.45, 7) is 1.33. The van der Waals surface area contributed by atoms with E-state index in [0.29, 0.717) is 36.1 Å². The molecule has 2 aromatic heterocycles. The second-order valence-corrected chi connectivity index (χ2v) is 9.56. The molecule has 32 heavy (non-hydrogen) atoms. The van der Waals surface area contributed by atoms with Gasteiger partial charge in [-0.25, -0.2) is 8.78 Å². The molecule has 5 rings (SSSR count). The number of likely N-dealkylation sites (tertiary alicyclic amines) is 1. The largest absolute Gasteiger partial charge is 0.328 e. The molecule has 0 N–H and O–H groups in total. The number of fused-ring (bicyclic) bond motifs is 2. The molecule has 1 saturated heterocycles. The Morgan fingerprint density at radius 3 is 2.81 bits per heavy atom. The number of nitrogens with zero attached hydrogens (tertiary/aromatic N) is 4. The van der Waals surface area contributed by atoms with Crippen LogP contribution in [0, 0.1) is 11.8 Å². The number of pyridine rings is 1. The number of ketones is 2. The standard InChI is InChI=1S/C23H26F2N4O3/c1-13(30)22-16-4-6-26-11-19(16)28(27-22)12-21(32)29-17-8-15(17)9-18(29)20(31)7-14-3-2-5-23(24,25)10-14/h4,6,11,14-15,17-18H,2-3,5,7-10,12H2,1H3/t14?,15-,17-,18+/m1/s1. The quantitative estimate of drug-likeness (QED) is 0.638. The maximum Gasteiger partial charge on any atom is 0.248 e. The van der Waals surface area contributed by atoms with Crippen molar-refractivity contribution in [3.8, 4) is 0 Å². The van der Waals surface area contributed by atoms with Crippen LogP contribution in [-0.2, 0) is 16.1 Å². The lowest BCUT2D eigenvalue weighted by molar-refractivity contribution is -0.140. The maximum absolute atomic E-state index is 13.8. The minimum absolute atomic E-state index is 0.0384. The summed E-state index contributed by atoms with van der Waals surface area (Å²) in [6, 6.07) is 1.18. The minimum Gasteiger partial charge on any atom is -0.328 e. The molecule has 0 spiro atoms. The zero-order valence-electron chi connectivity index (χ0n) is 18.0. The smallest absolute Gasteiger partial charge is 0.248 e. The number of hydrogen-bond acceptors (Lipinski definition) is 5. The van der Waals surface area contributed by atoms with E-state index in [1.807, 2.05) is 0 Å². The predicted octanol–water partition coefficient (Wildman–Crippen LogP) is 3.41. The lowest BCUT2D eigenvalue weighted by Crippen LogP contribution is -2.45. The Hall–Kier alpha value is -2.71. The molecule has 2 aliphatic carbocycles. The number of alkyl halides is 2. The summed E-state index contributed by atoms with van der Waals surface area (Å²) in [7, 11) is 0. The van der Waals surface area contributed by atoms with E-state index >= 15 is 0 Å². The van der Waals surface area contributed by atoms with E-state index in [0.717, 1.165) is 6.42 Å². The van der Waals surface area contributed by atoms with Gasteiger partial charge in [0.25, 0.3) is 0 Å². The van der Waals surface area contributed by atoms with Gasteiger partial charge in [0, 0.05) is 43.8 Å². The third kappa shape index (κ3) is 3.82. The van der Waals surface area contributed by atoms with E-state index < -0.39 is 12.0 Å². The number of carbonyl (C=O) groups is 3. The van der Waals surface area contributed by atoms with Crippen LogP contribution in [0.5, 0.6) is 0 Å². The molecule has 9 heteroatoms. The van der Waals surface area contributed by atoms with Crippen molar-refractivity contribution in [2.75, 3.05) is 0 Å². The van der Waals surface area contributed by atoms with Gasteiger partial charge in [-0.2, -0.15) is 5.10 Å². The van der Waals surface area contributed by atoms with E-state index in [2.05, 4.69) is 10.1 Å². The van der Waals surface area contributed by atoms with Gasteiger partial charge in [-0.05, 0) is 43.6 Å². The van der Waals surface area contributed by atoms with Crippen molar-refractivity contribution in [3.63, 3.8) is 0 Å². The number of carbonyl (C=O) groups excluding carboxylic acids is 3. The predicted molar refractivity (Wildman–Crippen MR) is 111 cm³/mol. The fourth-order valence-corrected chi connectivity index (χ4v) is 5.58. The molecule has 1 unspecified atom stereocenters. The molecule has 2 saturated carbocycles. The van der Waals surface area contributed by atoms with Gasteiger partial charge in [0.05, 0.1) is 17.8 Å². The van der Waals surface area contributed by atoms with Crippen LogP contribution in [0.2, 0.25) is 0 Å². The third-order valence-electron chi connectivity index (χ3n) is 7.17. The number of halogens is 2. The third-order valence-corrected chi connectivity index (χ3v) is 7.17. The summed E-state index contributed by atoms with van der Waals surface area (Å²) in [5.41, 5.74) is 0.872. The molecule has 170 valence electrons. The van der Waals surface area contributed by atoms with Crippen LogP contribution in [0.25, 0.3) is 10.9 Å². The zero-order chi connectivity index (χ0) is 22.6. The summed E-state index contributed by atoms with van der Waals surface area (Å²) >= 11 is 0. The first kappa shape index (κ1) is 21.2. The molecular formula is C23H26F2N4O3. The van der Waals surface area contributed by atoms with Crippen LogP contribution >= 0.6 is 0 Å². The van der Waals surface area contributed by atoms with Crippen molar-refractivity contribution < 1.29 is 23.2 Å². The van der Waals surface area contributed by atoms with Gasteiger partial charge in [0.1, 0.15) is 12.2 Å². The highest BCUT2D eigenvalue weighted by molar-refractivity contribution is 6.04. The number of hydrogen-bond donors (Lipinski definition) is 0. The zero-order valence-corrected chi connectivity index (χ0v) is 18.0. The average Bonchev–Trinajstić information content (AvgIpc) is 3.23. The Kier molecular flexibility index (Phi) is 5.09. The molecule has 0 bridgehead atoms. The topological polar surface area (TPSA) is 85.2 Å². The van der Waals surface area contributed by atoms with Gasteiger partial charge in [0.15, 0.2) is 11.6 Å². The second kappa shape index (κ2) is 7.71. The van der Waals surface area contributed by atoms with E-state index in [4.69, 9.17) is 0 Å². The summed E-state index contributed by atoms with van der Waals surface area (Å²) in [5.74, 6) is -3.24. The molecule has 4 atom stereocenters. The number of Topliss-reactive ketones (excluding diaryl/α,β-unsaturated/α-hetero) is 2. The second-order valence-electron chi connectivity index (χ2n) is 9.56. The SMILES string of the molecule is CC(=O)c1nn(CC(=O)N2[C@@H]3C[C@@H]3C[C@H]2C(=O)CC2CCCC(F)(F)C2)c2cnccc12. The molecule has 1 aliphatic heterocycles. The Bertz CT molecular complexity index is 1100. The van der Waals surface area contributed by atoms with Crippen LogP contribution in [0.3, 0.4) is 0 Å². The molecular weight excluding hydrogens is 418 g/mol. The molecule has 0 radical (unpaired) electrons. The average molecular weight is 444 g/mol. The Balaban J connectivity index is 1.33. The van der Waals surface area contributed by atoms with Gasteiger partial charge in [-0.3, -0.25) is 24.0 Å². The highest BCUT2D eigenvalue weighted by Crippen LogP contribution is 2.49. The van der Waals surface area contributed by atoms with Gasteiger partial charge in [0.2, 0.25) is 11.8 Å². The van der Waals surface area contributed by atoms with Crippen LogP contribution in [-0.4, -0.2) is 55.1 Å². The summed E-state index contributed by atoms with van der Waals surface area (Å²) in [5, 5.41) is 4.97. The van der Waals surface area contributed by atoms with E-state index in [1.165, 1.54) is 11.6 Å². The normalized spacial score (nSPS) is 28.5. The minimum atomic E-state index is -2.69. The van der Waals surface area contributed by atoms with Gasteiger partial charge in [-0.15, -0.1) is 0 Å². The summed E-state index contributed by atoms with van der Waals surface area (Å²) in [4.78, 5) is 44.0. The number of amides is 1. The highest BCUT2D eigenvalue weighted by atomic mass is 19.3. The van der Waals surface area contributed by atoms with Crippen molar-refractivity contribution >= 4 is 28.4 Å². The van der Waals surface area contributed by atoms with Gasteiger partial charge < -0.3 is 4.90 Å². The van der Waals surface area contributed by atoms with Crippen molar-refractivity contribution in [1.82, 2.24) is 19.7 Å². The first-order chi connectivity index (χ1) is 15.2. The van der Waals surface area contributed by atoms with Crippen molar-refractivity contribution in [2.24, 2.45) is 11.8 Å². The molecule has 1 amide bonds. The molecule has 2 aromatic rings. The van der Waals surface area contributed by atoms with E-state index in [-0.39, 0.29) is 60.9 Å². The monoisotopic (exact) mass is 444 g/mol. The first-order valence-corrected chi connectivity index (χ1v) is 11.3. The van der Waals surface area contributed by atoms with E-state index in [1.54, 1.807) is 23.4 Å². The van der Waals surface area contributed by atoms with Crippen LogP contribution in [0.15, 0.2) is 18.5 Å². The Morgan fingerprint density at radius 2 is 2.06 bits per heavy atom. The fraction of sp³-hybridized carbons (Fsp3) is 0.609. The van der Waals surface area contributed by atoms with Gasteiger partial charge in [-0.1, -0.05) is 0 Å². The first-order valence-electron chi connectivity index (χ1n) is 11.3. The number of piperidine rings is 1. The molecule has 0 aromatic carbocycles. The van der Waals surface area contributed by atoms with Crippen molar-refractivity contribution in [1.29, 1.82) is 0 Å². The molecule has 3 fully saturated rings. The number of aromatic nitrogens is 3.